The lowest BCUT2D eigenvalue weighted by Crippen LogP contribution is -2.47. The van der Waals surface area contributed by atoms with Crippen LogP contribution in [0.1, 0.15) is 41.8 Å². The predicted octanol–water partition coefficient (Wildman–Crippen LogP) is 2.21. The molecule has 0 radical (unpaired) electrons. The van der Waals surface area contributed by atoms with E-state index in [1.54, 1.807) is 7.05 Å². The minimum Gasteiger partial charge on any atom is -0.370 e. The number of hydrogen-bond donors (Lipinski definition) is 2. The van der Waals surface area contributed by atoms with Gasteiger partial charge in [0, 0.05) is 44.4 Å². The second-order valence-corrected chi connectivity index (χ2v) is 7.82. The largest absolute Gasteiger partial charge is 0.370 e. The summed E-state index contributed by atoms with van der Waals surface area (Å²) in [4.78, 5) is 18.0. The smallest absolute Gasteiger partial charge is 0.217 e. The lowest BCUT2D eigenvalue weighted by Gasteiger charge is -2.34. The van der Waals surface area contributed by atoms with Crippen molar-refractivity contribution in [3.63, 3.8) is 0 Å². The molecule has 3 N–H and O–H groups in total. The van der Waals surface area contributed by atoms with Gasteiger partial charge < -0.3 is 16.0 Å². The Morgan fingerprint density at radius 1 is 1.31 bits per heavy atom. The van der Waals surface area contributed by atoms with Gasteiger partial charge in [0.25, 0.3) is 0 Å². The number of primary amides is 1. The Kier molecular flexibility index (Phi) is 6.90. The van der Waals surface area contributed by atoms with Crippen molar-refractivity contribution in [1.82, 2.24) is 20.0 Å². The third-order valence-corrected chi connectivity index (χ3v) is 5.65. The van der Waals surface area contributed by atoms with Gasteiger partial charge in [-0.3, -0.25) is 14.5 Å². The molecule has 2 aromatic rings. The van der Waals surface area contributed by atoms with Crippen molar-refractivity contribution in [2.24, 2.45) is 16.6 Å². The normalized spacial score (nSPS) is 17.4. The Morgan fingerprint density at radius 2 is 2.07 bits per heavy atom. The number of likely N-dealkylation sites (tertiary alicyclic amines) is 1. The summed E-state index contributed by atoms with van der Waals surface area (Å²) >= 11 is 0. The Bertz CT molecular complexity index is 858. The van der Waals surface area contributed by atoms with Gasteiger partial charge in [-0.25, -0.2) is 0 Å². The fourth-order valence-electron chi connectivity index (χ4n) is 4.11. The topological polar surface area (TPSA) is 88.5 Å². The number of nitrogens with two attached hydrogens (primary N) is 1. The van der Waals surface area contributed by atoms with E-state index < -0.39 is 0 Å². The molecule has 0 saturated carbocycles. The van der Waals surface area contributed by atoms with Gasteiger partial charge >= 0.3 is 0 Å². The standard InChI is InChI=1S/C22H32N6O/c1-16-20(17(2)28(26-16)15-18-8-5-4-6-9-18)13-25-22(24-3)27-11-7-10-19(14-27)12-21(23)29/h4-6,8-9,19H,7,10-15H2,1-3H3,(H2,23,29)(H,24,25). The van der Waals surface area contributed by atoms with Gasteiger partial charge in [-0.1, -0.05) is 30.3 Å². The molecule has 1 fully saturated rings. The summed E-state index contributed by atoms with van der Waals surface area (Å²) in [5.41, 5.74) is 10.0. The van der Waals surface area contributed by atoms with Crippen molar-refractivity contribution in [2.45, 2.75) is 46.2 Å². The van der Waals surface area contributed by atoms with Crippen molar-refractivity contribution in [1.29, 1.82) is 0 Å². The van der Waals surface area contributed by atoms with Crippen LogP contribution in [-0.2, 0) is 17.9 Å². The zero-order valence-corrected chi connectivity index (χ0v) is 17.7. The van der Waals surface area contributed by atoms with E-state index in [0.29, 0.717) is 18.9 Å². The van der Waals surface area contributed by atoms with E-state index in [1.165, 1.54) is 16.8 Å². The second-order valence-electron chi connectivity index (χ2n) is 7.82. The zero-order valence-electron chi connectivity index (χ0n) is 17.7. The summed E-state index contributed by atoms with van der Waals surface area (Å²) in [7, 11) is 1.80. The molecule has 29 heavy (non-hydrogen) atoms. The molecule has 1 aromatic heterocycles. The molecule has 7 nitrogen and oxygen atoms in total. The lowest BCUT2D eigenvalue weighted by molar-refractivity contribution is -0.119. The van der Waals surface area contributed by atoms with Crippen LogP contribution in [0.4, 0.5) is 0 Å². The number of amides is 1. The summed E-state index contributed by atoms with van der Waals surface area (Å²) in [6.45, 7) is 7.37. The van der Waals surface area contributed by atoms with E-state index in [1.807, 2.05) is 6.07 Å². The number of aryl methyl sites for hydroxylation is 1. The number of benzene rings is 1. The first kappa shape index (κ1) is 20.9. The molecule has 1 aliphatic heterocycles. The lowest BCUT2D eigenvalue weighted by atomic mass is 9.95. The number of nitrogens with one attached hydrogen (secondary N) is 1. The number of rotatable bonds is 6. The number of guanidine groups is 1. The molecule has 1 amide bonds. The Hall–Kier alpha value is -2.83. The molecular weight excluding hydrogens is 364 g/mol. The maximum Gasteiger partial charge on any atom is 0.217 e. The van der Waals surface area contributed by atoms with E-state index in [-0.39, 0.29) is 5.91 Å². The van der Waals surface area contributed by atoms with Crippen molar-refractivity contribution in [2.75, 3.05) is 20.1 Å². The molecule has 1 unspecified atom stereocenters. The van der Waals surface area contributed by atoms with Crippen molar-refractivity contribution >= 4 is 11.9 Å². The van der Waals surface area contributed by atoms with Crippen LogP contribution in [0.2, 0.25) is 0 Å². The summed E-state index contributed by atoms with van der Waals surface area (Å²) in [6, 6.07) is 10.4. The molecule has 1 aromatic carbocycles. The highest BCUT2D eigenvalue weighted by molar-refractivity contribution is 5.80. The maximum absolute atomic E-state index is 11.3. The highest BCUT2D eigenvalue weighted by Gasteiger charge is 2.24. The second kappa shape index (κ2) is 9.58. The molecule has 3 rings (SSSR count). The van der Waals surface area contributed by atoms with Gasteiger partial charge in [0.1, 0.15) is 0 Å². The SMILES string of the molecule is CN=C(NCc1c(C)nn(Cc2ccccc2)c1C)N1CCCC(CC(N)=O)C1. The van der Waals surface area contributed by atoms with Crippen LogP contribution in [0.25, 0.3) is 0 Å². The van der Waals surface area contributed by atoms with Gasteiger partial charge in [0.2, 0.25) is 5.91 Å². The minimum atomic E-state index is -0.225. The molecule has 2 heterocycles. The molecule has 1 atom stereocenters. The van der Waals surface area contributed by atoms with Crippen LogP contribution in [0.3, 0.4) is 0 Å². The third-order valence-electron chi connectivity index (χ3n) is 5.65. The van der Waals surface area contributed by atoms with Crippen molar-refractivity contribution < 1.29 is 4.79 Å². The molecule has 1 aliphatic rings. The first-order chi connectivity index (χ1) is 14.0. The highest BCUT2D eigenvalue weighted by atomic mass is 16.1. The monoisotopic (exact) mass is 396 g/mol. The van der Waals surface area contributed by atoms with Crippen LogP contribution < -0.4 is 11.1 Å². The first-order valence-electron chi connectivity index (χ1n) is 10.3. The van der Waals surface area contributed by atoms with Crippen LogP contribution in [0.15, 0.2) is 35.3 Å². The van der Waals surface area contributed by atoms with E-state index in [4.69, 9.17) is 10.8 Å². The quantitative estimate of drug-likeness (QED) is 0.579. The van der Waals surface area contributed by atoms with Crippen LogP contribution in [0, 0.1) is 19.8 Å². The number of aromatic nitrogens is 2. The number of nitrogens with zero attached hydrogens (tertiary/aromatic N) is 4. The number of hydrogen-bond acceptors (Lipinski definition) is 3. The summed E-state index contributed by atoms with van der Waals surface area (Å²) in [6.07, 6.45) is 2.53. The Balaban J connectivity index is 1.64. The molecular formula is C22H32N6O. The maximum atomic E-state index is 11.3. The van der Waals surface area contributed by atoms with Gasteiger partial charge in [-0.05, 0) is 38.2 Å². The van der Waals surface area contributed by atoms with Crippen LogP contribution in [-0.4, -0.2) is 46.7 Å². The van der Waals surface area contributed by atoms with E-state index in [9.17, 15) is 4.79 Å². The van der Waals surface area contributed by atoms with Gasteiger partial charge in [-0.2, -0.15) is 5.10 Å². The van der Waals surface area contributed by atoms with E-state index in [2.05, 4.69) is 58.0 Å². The van der Waals surface area contributed by atoms with Gasteiger partial charge in [-0.15, -0.1) is 0 Å². The number of piperidine rings is 1. The fraction of sp³-hybridized carbons (Fsp3) is 0.500. The fourth-order valence-corrected chi connectivity index (χ4v) is 4.11. The molecule has 1 saturated heterocycles. The number of aliphatic imine (C=N–C) groups is 1. The number of carbonyl (C=O) groups excluding carboxylic acids is 1. The Labute approximate surface area is 173 Å². The minimum absolute atomic E-state index is 0.225. The third kappa shape index (κ3) is 5.37. The average Bonchev–Trinajstić information content (AvgIpc) is 2.96. The average molecular weight is 397 g/mol. The molecule has 0 bridgehead atoms. The molecule has 7 heteroatoms. The van der Waals surface area contributed by atoms with Crippen molar-refractivity contribution in [3.05, 3.63) is 52.8 Å². The molecule has 0 spiro atoms. The van der Waals surface area contributed by atoms with Gasteiger partial charge in [0.05, 0.1) is 12.2 Å². The molecule has 156 valence electrons. The first-order valence-corrected chi connectivity index (χ1v) is 10.3. The predicted molar refractivity (Wildman–Crippen MR) is 116 cm³/mol. The van der Waals surface area contributed by atoms with E-state index >= 15 is 0 Å². The van der Waals surface area contributed by atoms with Crippen LogP contribution >= 0.6 is 0 Å². The van der Waals surface area contributed by atoms with E-state index in [0.717, 1.165) is 44.1 Å². The zero-order chi connectivity index (χ0) is 20.8. The summed E-state index contributed by atoms with van der Waals surface area (Å²) < 4.78 is 2.06. The molecule has 0 aliphatic carbocycles. The summed E-state index contributed by atoms with van der Waals surface area (Å²) in [5.74, 6) is 0.947. The Morgan fingerprint density at radius 3 is 2.76 bits per heavy atom. The summed E-state index contributed by atoms with van der Waals surface area (Å²) in [5, 5.41) is 8.23. The van der Waals surface area contributed by atoms with Crippen LogP contribution in [0.5, 0.6) is 0 Å². The van der Waals surface area contributed by atoms with Crippen molar-refractivity contribution in [3.8, 4) is 0 Å². The number of carbonyl (C=O) groups is 1. The highest BCUT2D eigenvalue weighted by Crippen LogP contribution is 2.20. The van der Waals surface area contributed by atoms with Gasteiger partial charge in [0.15, 0.2) is 5.96 Å².